The summed E-state index contributed by atoms with van der Waals surface area (Å²) < 4.78 is 36.9. The minimum atomic E-state index is -4.55. The number of anilines is 1. The fourth-order valence-electron chi connectivity index (χ4n) is 0.860. The Hall–Kier alpha value is -1.83. The monoisotopic (exact) mass is 281 g/mol. The van der Waals surface area contributed by atoms with Gasteiger partial charge in [-0.2, -0.15) is 18.3 Å². The van der Waals surface area contributed by atoms with E-state index in [9.17, 15) is 18.0 Å². The standard InChI is InChI=1S/C9H7ClF3N3O2/c1-4(8(17)18)15-16-7-6(10)2-5(3-14-7)9(11,12)13/h2-3H,1H3,(H,14,16)(H,17,18)/b15-4+. The minimum absolute atomic E-state index is 0.162. The average molecular weight is 282 g/mol. The first kappa shape index (κ1) is 14.2. The van der Waals surface area contributed by atoms with Gasteiger partial charge < -0.3 is 5.11 Å². The van der Waals surface area contributed by atoms with Crippen LogP contribution in [-0.2, 0) is 11.0 Å². The van der Waals surface area contributed by atoms with Crippen molar-refractivity contribution in [2.75, 3.05) is 5.43 Å². The number of halogens is 4. The van der Waals surface area contributed by atoms with E-state index < -0.39 is 17.7 Å². The molecule has 98 valence electrons. The van der Waals surface area contributed by atoms with E-state index in [0.29, 0.717) is 12.3 Å². The van der Waals surface area contributed by atoms with Crippen molar-refractivity contribution in [2.24, 2.45) is 5.10 Å². The Morgan fingerprint density at radius 1 is 1.56 bits per heavy atom. The topological polar surface area (TPSA) is 74.6 Å². The number of carbonyl (C=O) groups is 1. The summed E-state index contributed by atoms with van der Waals surface area (Å²) in [6.45, 7) is 1.20. The van der Waals surface area contributed by atoms with Crippen molar-refractivity contribution in [1.82, 2.24) is 4.98 Å². The molecule has 1 aromatic rings. The molecule has 0 amide bonds. The summed E-state index contributed by atoms with van der Waals surface area (Å²) in [6, 6.07) is 0.669. The van der Waals surface area contributed by atoms with E-state index >= 15 is 0 Å². The number of carboxylic acid groups (broad SMARTS) is 1. The highest BCUT2D eigenvalue weighted by Crippen LogP contribution is 2.32. The van der Waals surface area contributed by atoms with Crippen LogP contribution < -0.4 is 5.43 Å². The number of carboxylic acids is 1. The smallest absolute Gasteiger partial charge is 0.417 e. The SMILES string of the molecule is C/C(=N\Nc1ncc(C(F)(F)F)cc1Cl)C(=O)O. The summed E-state index contributed by atoms with van der Waals surface area (Å²) in [5, 5.41) is 11.6. The van der Waals surface area contributed by atoms with Gasteiger partial charge in [-0.1, -0.05) is 11.6 Å². The van der Waals surface area contributed by atoms with Crippen molar-refractivity contribution >= 4 is 29.1 Å². The third kappa shape index (κ3) is 3.59. The quantitative estimate of drug-likeness (QED) is 0.660. The molecule has 0 fully saturated rings. The van der Waals surface area contributed by atoms with Crippen LogP contribution in [-0.4, -0.2) is 21.8 Å². The molecular weight excluding hydrogens is 275 g/mol. The molecule has 0 bridgehead atoms. The lowest BCUT2D eigenvalue weighted by molar-refractivity contribution is -0.137. The summed E-state index contributed by atoms with van der Waals surface area (Å²) in [4.78, 5) is 13.8. The molecule has 0 aromatic carbocycles. The number of aromatic nitrogens is 1. The molecule has 0 aliphatic heterocycles. The predicted molar refractivity (Wildman–Crippen MR) is 58.6 cm³/mol. The summed E-state index contributed by atoms with van der Waals surface area (Å²) in [5.41, 5.74) is 0.882. The van der Waals surface area contributed by atoms with Gasteiger partial charge in [0.05, 0.1) is 10.6 Å². The molecule has 9 heteroatoms. The highest BCUT2D eigenvalue weighted by molar-refractivity contribution is 6.35. The van der Waals surface area contributed by atoms with Crippen LogP contribution >= 0.6 is 11.6 Å². The molecule has 18 heavy (non-hydrogen) atoms. The van der Waals surface area contributed by atoms with E-state index in [0.717, 1.165) is 0 Å². The van der Waals surface area contributed by atoms with Crippen LogP contribution in [0, 0.1) is 0 Å². The lowest BCUT2D eigenvalue weighted by Crippen LogP contribution is -2.11. The van der Waals surface area contributed by atoms with Gasteiger partial charge in [-0.05, 0) is 13.0 Å². The zero-order chi connectivity index (χ0) is 13.9. The number of nitrogens with one attached hydrogen (secondary N) is 1. The van der Waals surface area contributed by atoms with Crippen molar-refractivity contribution in [3.63, 3.8) is 0 Å². The number of hydrogen-bond acceptors (Lipinski definition) is 4. The molecule has 1 aromatic heterocycles. The van der Waals surface area contributed by atoms with Crippen molar-refractivity contribution in [3.8, 4) is 0 Å². The number of rotatable bonds is 3. The van der Waals surface area contributed by atoms with E-state index in [1.165, 1.54) is 6.92 Å². The molecule has 2 N–H and O–H groups in total. The number of alkyl halides is 3. The molecule has 0 aliphatic rings. The first-order valence-corrected chi connectivity index (χ1v) is 4.86. The summed E-state index contributed by atoms with van der Waals surface area (Å²) in [7, 11) is 0. The Bertz CT molecular complexity index is 502. The van der Waals surface area contributed by atoms with E-state index in [1.807, 2.05) is 0 Å². The fourth-order valence-corrected chi connectivity index (χ4v) is 1.07. The Kier molecular flexibility index (Phi) is 4.12. The fraction of sp³-hybridized carbons (Fsp3) is 0.222. The molecule has 0 atom stereocenters. The lowest BCUT2D eigenvalue weighted by atomic mass is 10.3. The van der Waals surface area contributed by atoms with Crippen LogP contribution in [0.4, 0.5) is 19.0 Å². The zero-order valence-corrected chi connectivity index (χ0v) is 9.67. The van der Waals surface area contributed by atoms with Crippen LogP contribution in [0.5, 0.6) is 0 Å². The summed E-state index contributed by atoms with van der Waals surface area (Å²) >= 11 is 5.56. The molecule has 1 heterocycles. The minimum Gasteiger partial charge on any atom is -0.477 e. The van der Waals surface area contributed by atoms with Gasteiger partial charge >= 0.3 is 12.1 Å². The lowest BCUT2D eigenvalue weighted by Gasteiger charge is -2.08. The van der Waals surface area contributed by atoms with Crippen molar-refractivity contribution in [3.05, 3.63) is 22.8 Å². The first-order chi connectivity index (χ1) is 8.21. The number of nitrogens with zero attached hydrogens (tertiary/aromatic N) is 2. The normalized spacial score (nSPS) is 12.4. The number of pyridine rings is 1. The predicted octanol–water partition coefficient (Wildman–Crippen LogP) is 2.63. The highest BCUT2D eigenvalue weighted by atomic mass is 35.5. The van der Waals surface area contributed by atoms with Crippen molar-refractivity contribution < 1.29 is 23.1 Å². The van der Waals surface area contributed by atoms with Crippen LogP contribution in [0.3, 0.4) is 0 Å². The second-order valence-corrected chi connectivity index (χ2v) is 3.57. The molecule has 0 unspecified atom stereocenters. The van der Waals surface area contributed by atoms with Crippen molar-refractivity contribution in [1.29, 1.82) is 0 Å². The first-order valence-electron chi connectivity index (χ1n) is 4.48. The second-order valence-electron chi connectivity index (χ2n) is 3.17. The van der Waals surface area contributed by atoms with Gasteiger partial charge in [-0.3, -0.25) is 5.43 Å². The van der Waals surface area contributed by atoms with E-state index in [-0.39, 0.29) is 16.6 Å². The van der Waals surface area contributed by atoms with Gasteiger partial charge in [0.25, 0.3) is 0 Å². The zero-order valence-electron chi connectivity index (χ0n) is 8.92. The van der Waals surface area contributed by atoms with Gasteiger partial charge in [0.1, 0.15) is 5.71 Å². The van der Waals surface area contributed by atoms with Crippen molar-refractivity contribution in [2.45, 2.75) is 13.1 Å². The third-order valence-corrected chi connectivity index (χ3v) is 2.10. The number of hydrogen-bond donors (Lipinski definition) is 2. The molecular formula is C9H7ClF3N3O2. The Morgan fingerprint density at radius 3 is 2.61 bits per heavy atom. The van der Waals surface area contributed by atoms with Crippen LogP contribution in [0.25, 0.3) is 0 Å². The van der Waals surface area contributed by atoms with E-state index in [1.54, 1.807) is 0 Å². The molecule has 0 radical (unpaired) electrons. The maximum absolute atomic E-state index is 12.3. The van der Waals surface area contributed by atoms with E-state index in [4.69, 9.17) is 16.7 Å². The van der Waals surface area contributed by atoms with Crippen LogP contribution in [0.2, 0.25) is 5.02 Å². The third-order valence-electron chi connectivity index (χ3n) is 1.81. The number of aliphatic carboxylic acids is 1. The van der Waals surface area contributed by atoms with Crippen LogP contribution in [0.1, 0.15) is 12.5 Å². The second kappa shape index (κ2) is 5.21. The average Bonchev–Trinajstić information content (AvgIpc) is 2.25. The maximum atomic E-state index is 12.3. The van der Waals surface area contributed by atoms with Gasteiger partial charge in [0.15, 0.2) is 5.82 Å². The number of hydrazone groups is 1. The maximum Gasteiger partial charge on any atom is 0.417 e. The van der Waals surface area contributed by atoms with Gasteiger partial charge in [0.2, 0.25) is 0 Å². The van der Waals surface area contributed by atoms with E-state index in [2.05, 4.69) is 15.5 Å². The van der Waals surface area contributed by atoms with Gasteiger partial charge in [-0.15, -0.1) is 0 Å². The largest absolute Gasteiger partial charge is 0.477 e. The summed E-state index contributed by atoms with van der Waals surface area (Å²) in [6.07, 6.45) is -3.98. The molecule has 0 saturated heterocycles. The summed E-state index contributed by atoms with van der Waals surface area (Å²) in [5.74, 6) is -1.43. The Balaban J connectivity index is 2.94. The molecule has 0 aliphatic carbocycles. The molecule has 0 spiro atoms. The Labute approximate surface area is 104 Å². The van der Waals surface area contributed by atoms with Gasteiger partial charge in [-0.25, -0.2) is 9.78 Å². The molecule has 5 nitrogen and oxygen atoms in total. The highest BCUT2D eigenvalue weighted by Gasteiger charge is 2.31. The van der Waals surface area contributed by atoms with Gasteiger partial charge in [0, 0.05) is 6.20 Å². The molecule has 0 saturated carbocycles. The Morgan fingerprint density at radius 2 is 2.17 bits per heavy atom. The van der Waals surface area contributed by atoms with Crippen LogP contribution in [0.15, 0.2) is 17.4 Å². The molecule has 1 rings (SSSR count).